The van der Waals surface area contributed by atoms with E-state index >= 15 is 0 Å². The molecule has 0 bridgehead atoms. The van der Waals surface area contributed by atoms with E-state index in [1.165, 1.54) is 0 Å². The summed E-state index contributed by atoms with van der Waals surface area (Å²) in [4.78, 5) is 10.9. The highest BCUT2D eigenvalue weighted by molar-refractivity contribution is 5.92. The molecule has 0 aliphatic heterocycles. The lowest BCUT2D eigenvalue weighted by Crippen LogP contribution is -2.03. The Bertz CT molecular complexity index is 273. The molecule has 58 valence electrons. The van der Waals surface area contributed by atoms with Crippen molar-refractivity contribution in [3.8, 4) is 0 Å². The largest absolute Gasteiger partial charge is 0.341 e. The molecule has 0 amide bonds. The standard InChI is InChI=1S/C9H11NO/c1-3-6-10-7-4-5-9(10)8(2)11/h3-5,7H,1,6H2,2H3. The molecule has 11 heavy (non-hydrogen) atoms. The van der Waals surface area contributed by atoms with Gasteiger partial charge in [0.1, 0.15) is 0 Å². The zero-order chi connectivity index (χ0) is 8.27. The van der Waals surface area contributed by atoms with Crippen LogP contribution in [0, 0.1) is 0 Å². The van der Waals surface area contributed by atoms with E-state index in [1.54, 1.807) is 13.0 Å². The zero-order valence-corrected chi connectivity index (χ0v) is 6.58. The van der Waals surface area contributed by atoms with Crippen molar-refractivity contribution in [1.82, 2.24) is 4.57 Å². The quantitative estimate of drug-likeness (QED) is 0.475. The summed E-state index contributed by atoms with van der Waals surface area (Å²) >= 11 is 0. The molecule has 0 aliphatic carbocycles. The van der Waals surface area contributed by atoms with Crippen LogP contribution in [0.5, 0.6) is 0 Å². The maximum Gasteiger partial charge on any atom is 0.176 e. The molecule has 0 unspecified atom stereocenters. The highest BCUT2D eigenvalue weighted by Gasteiger charge is 2.02. The number of nitrogens with zero attached hydrogens (tertiary/aromatic N) is 1. The number of hydrogen-bond donors (Lipinski definition) is 0. The Kier molecular flexibility index (Phi) is 2.26. The van der Waals surface area contributed by atoms with Crippen LogP contribution in [-0.4, -0.2) is 10.4 Å². The van der Waals surface area contributed by atoms with E-state index in [4.69, 9.17) is 0 Å². The van der Waals surface area contributed by atoms with Crippen molar-refractivity contribution in [3.05, 3.63) is 36.7 Å². The zero-order valence-electron chi connectivity index (χ0n) is 6.58. The fourth-order valence-electron chi connectivity index (χ4n) is 1.03. The first-order valence-electron chi connectivity index (χ1n) is 3.52. The molecular formula is C9H11NO. The summed E-state index contributed by atoms with van der Waals surface area (Å²) in [5, 5.41) is 0. The Hall–Kier alpha value is -1.31. The average Bonchev–Trinajstić information content (AvgIpc) is 2.36. The van der Waals surface area contributed by atoms with Crippen LogP contribution in [0.25, 0.3) is 0 Å². The van der Waals surface area contributed by atoms with Gasteiger partial charge in [0, 0.05) is 19.7 Å². The van der Waals surface area contributed by atoms with Crippen molar-refractivity contribution in [2.24, 2.45) is 0 Å². The lowest BCUT2D eigenvalue weighted by atomic mass is 10.3. The minimum atomic E-state index is 0.0943. The van der Waals surface area contributed by atoms with Crippen LogP contribution < -0.4 is 0 Å². The maximum atomic E-state index is 10.9. The van der Waals surface area contributed by atoms with Crippen molar-refractivity contribution < 1.29 is 4.79 Å². The molecule has 1 heterocycles. The predicted molar refractivity (Wildman–Crippen MR) is 44.6 cm³/mol. The first-order valence-corrected chi connectivity index (χ1v) is 3.52. The molecule has 1 aromatic rings. The van der Waals surface area contributed by atoms with Crippen molar-refractivity contribution in [3.63, 3.8) is 0 Å². The maximum absolute atomic E-state index is 10.9. The molecule has 2 nitrogen and oxygen atoms in total. The molecule has 2 heteroatoms. The van der Waals surface area contributed by atoms with E-state index in [-0.39, 0.29) is 5.78 Å². The van der Waals surface area contributed by atoms with Gasteiger partial charge in [0.2, 0.25) is 0 Å². The van der Waals surface area contributed by atoms with E-state index in [9.17, 15) is 4.79 Å². The lowest BCUT2D eigenvalue weighted by molar-refractivity contribution is 0.100. The SMILES string of the molecule is C=CCn1cccc1C(C)=O. The number of hydrogen-bond acceptors (Lipinski definition) is 1. The predicted octanol–water partition coefficient (Wildman–Crippen LogP) is 1.88. The molecule has 0 radical (unpaired) electrons. The van der Waals surface area contributed by atoms with Gasteiger partial charge in [-0.1, -0.05) is 6.08 Å². The van der Waals surface area contributed by atoms with Gasteiger partial charge in [0.05, 0.1) is 5.69 Å². The second kappa shape index (κ2) is 3.19. The van der Waals surface area contributed by atoms with E-state index in [0.717, 1.165) is 5.69 Å². The molecule has 1 aromatic heterocycles. The van der Waals surface area contributed by atoms with Crippen LogP contribution in [0.3, 0.4) is 0 Å². The summed E-state index contributed by atoms with van der Waals surface area (Å²) in [6.45, 7) is 5.86. The highest BCUT2D eigenvalue weighted by atomic mass is 16.1. The van der Waals surface area contributed by atoms with Gasteiger partial charge in [-0.25, -0.2) is 0 Å². The van der Waals surface area contributed by atoms with Crippen LogP contribution >= 0.6 is 0 Å². The summed E-state index contributed by atoms with van der Waals surface area (Å²) in [6.07, 6.45) is 3.64. The third-order valence-corrected chi connectivity index (χ3v) is 1.52. The summed E-state index contributed by atoms with van der Waals surface area (Å²) < 4.78 is 1.87. The van der Waals surface area contributed by atoms with Crippen LogP contribution in [0.1, 0.15) is 17.4 Å². The van der Waals surface area contributed by atoms with Gasteiger partial charge in [0.25, 0.3) is 0 Å². The van der Waals surface area contributed by atoms with Crippen molar-refractivity contribution in [1.29, 1.82) is 0 Å². The molecule has 0 saturated heterocycles. The fourth-order valence-corrected chi connectivity index (χ4v) is 1.03. The minimum Gasteiger partial charge on any atom is -0.341 e. The number of Topliss-reactive ketones (excluding diaryl/α,β-unsaturated/α-hetero) is 1. The summed E-state index contributed by atoms with van der Waals surface area (Å²) in [7, 11) is 0. The fraction of sp³-hybridized carbons (Fsp3) is 0.222. The third-order valence-electron chi connectivity index (χ3n) is 1.52. The molecule has 1 rings (SSSR count). The minimum absolute atomic E-state index is 0.0943. The molecular weight excluding hydrogens is 138 g/mol. The Labute approximate surface area is 66.1 Å². The normalized spacial score (nSPS) is 9.55. The van der Waals surface area contributed by atoms with Crippen molar-refractivity contribution >= 4 is 5.78 Å². The topological polar surface area (TPSA) is 22.0 Å². The average molecular weight is 149 g/mol. The highest BCUT2D eigenvalue weighted by Crippen LogP contribution is 2.02. The van der Waals surface area contributed by atoms with Crippen LogP contribution in [0.15, 0.2) is 31.0 Å². The molecule has 0 spiro atoms. The summed E-state index contributed by atoms with van der Waals surface area (Å²) in [5.74, 6) is 0.0943. The van der Waals surface area contributed by atoms with Crippen LogP contribution in [-0.2, 0) is 6.54 Å². The first kappa shape index (κ1) is 7.79. The Morgan fingerprint density at radius 2 is 2.55 bits per heavy atom. The number of carbonyl (C=O) groups is 1. The van der Waals surface area contributed by atoms with E-state index in [1.807, 2.05) is 22.9 Å². The van der Waals surface area contributed by atoms with Gasteiger partial charge >= 0.3 is 0 Å². The third kappa shape index (κ3) is 1.58. The molecule has 0 aromatic carbocycles. The van der Waals surface area contributed by atoms with Gasteiger partial charge in [-0.05, 0) is 12.1 Å². The van der Waals surface area contributed by atoms with Crippen molar-refractivity contribution in [2.75, 3.05) is 0 Å². The number of rotatable bonds is 3. The molecule has 0 aliphatic rings. The molecule has 0 saturated carbocycles. The molecule has 0 fully saturated rings. The molecule has 0 atom stereocenters. The molecule has 0 N–H and O–H groups in total. The van der Waals surface area contributed by atoms with Gasteiger partial charge in [0.15, 0.2) is 5.78 Å². The van der Waals surface area contributed by atoms with Gasteiger partial charge in [-0.2, -0.15) is 0 Å². The van der Waals surface area contributed by atoms with E-state index in [0.29, 0.717) is 6.54 Å². The van der Waals surface area contributed by atoms with E-state index in [2.05, 4.69) is 6.58 Å². The first-order chi connectivity index (χ1) is 5.25. The number of ketones is 1. The second-order valence-electron chi connectivity index (χ2n) is 2.39. The van der Waals surface area contributed by atoms with Gasteiger partial charge in [-0.3, -0.25) is 4.79 Å². The number of carbonyl (C=O) groups excluding carboxylic acids is 1. The van der Waals surface area contributed by atoms with E-state index < -0.39 is 0 Å². The van der Waals surface area contributed by atoms with Crippen molar-refractivity contribution in [2.45, 2.75) is 13.5 Å². The Morgan fingerprint density at radius 1 is 1.82 bits per heavy atom. The van der Waals surface area contributed by atoms with Crippen LogP contribution in [0.2, 0.25) is 0 Å². The number of allylic oxidation sites excluding steroid dienone is 1. The summed E-state index contributed by atoms with van der Waals surface area (Å²) in [6, 6.07) is 3.67. The Morgan fingerprint density at radius 3 is 3.09 bits per heavy atom. The van der Waals surface area contributed by atoms with Crippen LogP contribution in [0.4, 0.5) is 0 Å². The monoisotopic (exact) mass is 149 g/mol. The smallest absolute Gasteiger partial charge is 0.176 e. The Balaban J connectivity index is 2.95. The van der Waals surface area contributed by atoms with Gasteiger partial charge in [-0.15, -0.1) is 6.58 Å². The summed E-state index contributed by atoms with van der Waals surface area (Å²) in [5.41, 5.74) is 0.741. The lowest BCUT2D eigenvalue weighted by Gasteiger charge is -2.01. The van der Waals surface area contributed by atoms with Gasteiger partial charge < -0.3 is 4.57 Å². The number of aromatic nitrogens is 1. The second-order valence-corrected chi connectivity index (χ2v) is 2.39.